The first-order chi connectivity index (χ1) is 11.0. The Morgan fingerprint density at radius 3 is 2.43 bits per heavy atom. The molecule has 0 radical (unpaired) electrons. The van der Waals surface area contributed by atoms with Gasteiger partial charge in [-0.2, -0.15) is 4.31 Å². The molecule has 0 aliphatic carbocycles. The molecule has 1 amide bonds. The summed E-state index contributed by atoms with van der Waals surface area (Å²) < 4.78 is 26.8. The lowest BCUT2D eigenvalue weighted by Crippen LogP contribution is -2.50. The summed E-state index contributed by atoms with van der Waals surface area (Å²) in [5.41, 5.74) is 1.69. The molecular formula is C16H18N2O3S2. The smallest absolute Gasteiger partial charge is 0.253 e. The van der Waals surface area contributed by atoms with Crippen LogP contribution in [0.5, 0.6) is 0 Å². The maximum Gasteiger partial charge on any atom is 0.253 e. The van der Waals surface area contributed by atoms with E-state index in [4.69, 9.17) is 0 Å². The summed E-state index contributed by atoms with van der Waals surface area (Å²) in [5, 5.41) is 1.75. The fourth-order valence-corrected chi connectivity index (χ4v) is 5.20. The zero-order chi connectivity index (χ0) is 16.4. The molecule has 122 valence electrons. The number of hydrogen-bond acceptors (Lipinski definition) is 4. The lowest BCUT2D eigenvalue weighted by Gasteiger charge is -2.33. The van der Waals surface area contributed by atoms with E-state index >= 15 is 0 Å². The van der Waals surface area contributed by atoms with Crippen molar-refractivity contribution in [2.24, 2.45) is 0 Å². The average Bonchev–Trinajstić information content (AvgIpc) is 3.09. The molecule has 1 aromatic carbocycles. The summed E-state index contributed by atoms with van der Waals surface area (Å²) in [4.78, 5) is 14.2. The second kappa shape index (κ2) is 6.43. The van der Waals surface area contributed by atoms with Gasteiger partial charge in [-0.1, -0.05) is 23.8 Å². The van der Waals surface area contributed by atoms with Gasteiger partial charge in [0.1, 0.15) is 4.21 Å². The minimum atomic E-state index is -3.43. The minimum Gasteiger partial charge on any atom is -0.336 e. The van der Waals surface area contributed by atoms with Crippen LogP contribution >= 0.6 is 11.3 Å². The summed E-state index contributed by atoms with van der Waals surface area (Å²) in [5.74, 6) is -0.0399. The van der Waals surface area contributed by atoms with E-state index in [0.717, 1.165) is 5.56 Å². The zero-order valence-corrected chi connectivity index (χ0v) is 14.4. The van der Waals surface area contributed by atoms with Crippen molar-refractivity contribution in [3.63, 3.8) is 0 Å². The van der Waals surface area contributed by atoms with Crippen LogP contribution in [0.2, 0.25) is 0 Å². The lowest BCUT2D eigenvalue weighted by molar-refractivity contribution is 0.0698. The molecule has 0 N–H and O–H groups in total. The number of piperazine rings is 1. The minimum absolute atomic E-state index is 0.0399. The Morgan fingerprint density at radius 2 is 1.83 bits per heavy atom. The molecule has 0 saturated carbocycles. The van der Waals surface area contributed by atoms with Gasteiger partial charge in [0.05, 0.1) is 0 Å². The maximum absolute atomic E-state index is 12.5. The quantitative estimate of drug-likeness (QED) is 0.853. The number of thiophene rings is 1. The van der Waals surface area contributed by atoms with Crippen molar-refractivity contribution < 1.29 is 13.2 Å². The monoisotopic (exact) mass is 350 g/mol. The third-order valence-electron chi connectivity index (χ3n) is 3.88. The van der Waals surface area contributed by atoms with E-state index in [0.29, 0.717) is 36.0 Å². The highest BCUT2D eigenvalue weighted by Gasteiger charge is 2.30. The lowest BCUT2D eigenvalue weighted by atomic mass is 10.1. The number of carbonyl (C=O) groups is 1. The van der Waals surface area contributed by atoms with Crippen LogP contribution in [0.1, 0.15) is 15.9 Å². The summed E-state index contributed by atoms with van der Waals surface area (Å²) >= 11 is 1.22. The predicted octanol–water partition coefficient (Wildman–Crippen LogP) is 2.20. The molecule has 1 aromatic heterocycles. The highest BCUT2D eigenvalue weighted by atomic mass is 32.2. The van der Waals surface area contributed by atoms with E-state index in [2.05, 4.69) is 0 Å². The highest BCUT2D eigenvalue weighted by Crippen LogP contribution is 2.22. The first kappa shape index (κ1) is 16.2. The van der Waals surface area contributed by atoms with Gasteiger partial charge in [-0.3, -0.25) is 4.79 Å². The molecule has 0 bridgehead atoms. The molecule has 2 aromatic rings. The molecule has 3 rings (SSSR count). The fourth-order valence-electron chi connectivity index (χ4n) is 2.63. The SMILES string of the molecule is Cc1cccc(C(=O)N2CCN(S(=O)(=O)c3cccs3)CC2)c1. The fraction of sp³-hybridized carbons (Fsp3) is 0.312. The van der Waals surface area contributed by atoms with Crippen LogP contribution in [0.15, 0.2) is 46.0 Å². The van der Waals surface area contributed by atoms with Gasteiger partial charge < -0.3 is 4.90 Å². The van der Waals surface area contributed by atoms with Gasteiger partial charge in [0.2, 0.25) is 0 Å². The van der Waals surface area contributed by atoms with Crippen LogP contribution in [0, 0.1) is 6.92 Å². The summed E-state index contributed by atoms with van der Waals surface area (Å²) in [6, 6.07) is 10.8. The highest BCUT2D eigenvalue weighted by molar-refractivity contribution is 7.91. The number of hydrogen-bond donors (Lipinski definition) is 0. The van der Waals surface area contributed by atoms with E-state index in [1.54, 1.807) is 28.5 Å². The average molecular weight is 350 g/mol. The van der Waals surface area contributed by atoms with Gasteiger partial charge in [-0.15, -0.1) is 11.3 Å². The maximum atomic E-state index is 12.5. The molecule has 1 saturated heterocycles. The van der Waals surface area contributed by atoms with E-state index < -0.39 is 10.0 Å². The van der Waals surface area contributed by atoms with Crippen LogP contribution in [0.3, 0.4) is 0 Å². The molecule has 0 atom stereocenters. The van der Waals surface area contributed by atoms with Crippen LogP contribution in [0.4, 0.5) is 0 Å². The third-order valence-corrected chi connectivity index (χ3v) is 7.15. The molecule has 23 heavy (non-hydrogen) atoms. The van der Waals surface area contributed by atoms with E-state index in [-0.39, 0.29) is 5.91 Å². The molecule has 0 unspecified atom stereocenters. The number of sulfonamides is 1. The summed E-state index contributed by atoms with van der Waals surface area (Å²) in [6.07, 6.45) is 0. The van der Waals surface area contributed by atoms with Crippen LogP contribution in [-0.4, -0.2) is 49.7 Å². The third kappa shape index (κ3) is 3.31. The molecule has 7 heteroatoms. The Hall–Kier alpha value is -1.70. The first-order valence-electron chi connectivity index (χ1n) is 7.38. The molecule has 5 nitrogen and oxygen atoms in total. The van der Waals surface area contributed by atoms with Crippen molar-refractivity contribution in [1.82, 2.24) is 9.21 Å². The Bertz CT molecular complexity index is 792. The van der Waals surface area contributed by atoms with Crippen molar-refractivity contribution in [3.8, 4) is 0 Å². The van der Waals surface area contributed by atoms with E-state index in [1.807, 2.05) is 25.1 Å². The summed E-state index contributed by atoms with van der Waals surface area (Å²) in [6.45, 7) is 3.44. The number of rotatable bonds is 3. The predicted molar refractivity (Wildman–Crippen MR) is 90.2 cm³/mol. The van der Waals surface area contributed by atoms with Crippen molar-refractivity contribution in [3.05, 3.63) is 52.9 Å². The van der Waals surface area contributed by atoms with Gasteiger partial charge in [0.15, 0.2) is 0 Å². The number of aryl methyl sites for hydroxylation is 1. The van der Waals surface area contributed by atoms with Crippen LogP contribution < -0.4 is 0 Å². The zero-order valence-electron chi connectivity index (χ0n) is 12.8. The number of nitrogens with zero attached hydrogens (tertiary/aromatic N) is 2. The first-order valence-corrected chi connectivity index (χ1v) is 9.70. The molecule has 0 spiro atoms. The Morgan fingerprint density at radius 1 is 1.09 bits per heavy atom. The Balaban J connectivity index is 1.68. The van der Waals surface area contributed by atoms with E-state index in [9.17, 15) is 13.2 Å². The second-order valence-electron chi connectivity index (χ2n) is 5.50. The molecule has 2 heterocycles. The molecule has 1 aliphatic rings. The molecular weight excluding hydrogens is 332 g/mol. The van der Waals surface area contributed by atoms with Gasteiger partial charge in [-0.25, -0.2) is 8.42 Å². The van der Waals surface area contributed by atoms with Gasteiger partial charge in [0, 0.05) is 31.7 Å². The van der Waals surface area contributed by atoms with Gasteiger partial charge in [0.25, 0.3) is 15.9 Å². The van der Waals surface area contributed by atoms with E-state index in [1.165, 1.54) is 15.6 Å². The largest absolute Gasteiger partial charge is 0.336 e. The van der Waals surface area contributed by atoms with Gasteiger partial charge >= 0.3 is 0 Å². The number of amides is 1. The Labute approximate surface area is 140 Å². The number of benzene rings is 1. The van der Waals surface area contributed by atoms with Crippen molar-refractivity contribution in [2.75, 3.05) is 26.2 Å². The van der Waals surface area contributed by atoms with Gasteiger partial charge in [-0.05, 0) is 30.5 Å². The van der Waals surface area contributed by atoms with Crippen molar-refractivity contribution in [1.29, 1.82) is 0 Å². The van der Waals surface area contributed by atoms with Crippen LogP contribution in [0.25, 0.3) is 0 Å². The molecule has 1 fully saturated rings. The normalized spacial score (nSPS) is 16.5. The number of carbonyl (C=O) groups excluding carboxylic acids is 1. The van der Waals surface area contributed by atoms with Crippen molar-refractivity contribution >= 4 is 27.3 Å². The van der Waals surface area contributed by atoms with Crippen molar-refractivity contribution in [2.45, 2.75) is 11.1 Å². The topological polar surface area (TPSA) is 57.7 Å². The molecule has 1 aliphatic heterocycles. The summed E-state index contributed by atoms with van der Waals surface area (Å²) in [7, 11) is -3.43. The second-order valence-corrected chi connectivity index (χ2v) is 8.61. The Kier molecular flexibility index (Phi) is 4.52. The standard InChI is InChI=1S/C16H18N2O3S2/c1-13-4-2-5-14(12-13)16(19)17-7-9-18(10-8-17)23(20,21)15-6-3-11-22-15/h2-6,11-12H,7-10H2,1H3. The van der Waals surface area contributed by atoms with Crippen LogP contribution in [-0.2, 0) is 10.0 Å².